The van der Waals surface area contributed by atoms with E-state index in [1.165, 1.54) is 24.3 Å². The molecule has 0 saturated heterocycles. The first-order chi connectivity index (χ1) is 10.2. The molecule has 0 spiro atoms. The van der Waals surface area contributed by atoms with E-state index in [9.17, 15) is 8.78 Å². The van der Waals surface area contributed by atoms with Gasteiger partial charge in [0.25, 0.3) is 0 Å². The number of amidine groups is 1. The van der Waals surface area contributed by atoms with Crippen molar-refractivity contribution in [2.24, 2.45) is 4.99 Å². The van der Waals surface area contributed by atoms with Crippen molar-refractivity contribution in [1.82, 2.24) is 0 Å². The highest BCUT2D eigenvalue weighted by atomic mass is 19.1. The van der Waals surface area contributed by atoms with Crippen LogP contribution in [0.5, 0.6) is 0 Å². The molecule has 0 aromatic heterocycles. The van der Waals surface area contributed by atoms with E-state index in [0.29, 0.717) is 0 Å². The molecule has 2 aromatic carbocycles. The maximum Gasteiger partial charge on any atom is 0.125 e. The summed E-state index contributed by atoms with van der Waals surface area (Å²) in [5.41, 5.74) is 1.91. The van der Waals surface area contributed by atoms with Crippen LogP contribution in [0.1, 0.15) is 12.0 Å². The number of aryl methyl sites for hydroxylation is 1. The average molecular weight is 286 g/mol. The van der Waals surface area contributed by atoms with Crippen LogP contribution in [0.15, 0.2) is 53.5 Å². The molecule has 0 bridgehead atoms. The monoisotopic (exact) mass is 286 g/mol. The van der Waals surface area contributed by atoms with Crippen molar-refractivity contribution in [2.45, 2.75) is 12.8 Å². The van der Waals surface area contributed by atoms with Gasteiger partial charge in [0, 0.05) is 18.7 Å². The summed E-state index contributed by atoms with van der Waals surface area (Å²) in [5.74, 6) is 0.501. The first-order valence-corrected chi connectivity index (χ1v) is 7.03. The van der Waals surface area contributed by atoms with Gasteiger partial charge in [0.05, 0.1) is 6.54 Å². The van der Waals surface area contributed by atoms with Crippen molar-refractivity contribution in [3.63, 3.8) is 0 Å². The van der Waals surface area contributed by atoms with E-state index >= 15 is 0 Å². The number of rotatable bonds is 4. The van der Waals surface area contributed by atoms with Crippen molar-refractivity contribution in [1.29, 1.82) is 0 Å². The molecule has 0 aliphatic carbocycles. The van der Waals surface area contributed by atoms with E-state index in [4.69, 9.17) is 0 Å². The molecule has 0 saturated carbocycles. The van der Waals surface area contributed by atoms with Crippen molar-refractivity contribution in [2.75, 3.05) is 18.0 Å². The summed E-state index contributed by atoms with van der Waals surface area (Å²) in [7, 11) is 0. The van der Waals surface area contributed by atoms with Gasteiger partial charge in [-0.25, -0.2) is 8.78 Å². The van der Waals surface area contributed by atoms with Gasteiger partial charge in [-0.1, -0.05) is 18.2 Å². The average Bonchev–Trinajstić information content (AvgIpc) is 2.95. The van der Waals surface area contributed by atoms with Crippen LogP contribution in [0.2, 0.25) is 0 Å². The highest BCUT2D eigenvalue weighted by Crippen LogP contribution is 2.20. The maximum atomic E-state index is 13.3. The minimum absolute atomic E-state index is 0.224. The molecule has 4 heteroatoms. The van der Waals surface area contributed by atoms with E-state index in [-0.39, 0.29) is 11.6 Å². The molecule has 0 atom stereocenters. The molecule has 2 aromatic rings. The van der Waals surface area contributed by atoms with Crippen LogP contribution in [0.4, 0.5) is 14.5 Å². The van der Waals surface area contributed by atoms with E-state index in [1.54, 1.807) is 18.2 Å². The largest absolute Gasteiger partial charge is 0.328 e. The Morgan fingerprint density at radius 3 is 2.52 bits per heavy atom. The van der Waals surface area contributed by atoms with Gasteiger partial charge in [-0.05, 0) is 42.3 Å². The molecule has 108 valence electrons. The van der Waals surface area contributed by atoms with Crippen LogP contribution in [0.3, 0.4) is 0 Å². The fraction of sp³-hybridized carbons (Fsp3) is 0.235. The Morgan fingerprint density at radius 2 is 1.76 bits per heavy atom. The third-order valence-corrected chi connectivity index (χ3v) is 3.60. The van der Waals surface area contributed by atoms with E-state index < -0.39 is 0 Å². The fourth-order valence-electron chi connectivity index (χ4n) is 2.54. The van der Waals surface area contributed by atoms with Crippen molar-refractivity contribution < 1.29 is 8.78 Å². The summed E-state index contributed by atoms with van der Waals surface area (Å²) in [5, 5.41) is 0. The van der Waals surface area contributed by atoms with Crippen LogP contribution >= 0.6 is 0 Å². The predicted octanol–water partition coefficient (Wildman–Crippen LogP) is 3.82. The molecular weight excluding hydrogens is 270 g/mol. The Labute approximate surface area is 122 Å². The number of halogens is 2. The van der Waals surface area contributed by atoms with Gasteiger partial charge in [0.15, 0.2) is 0 Å². The van der Waals surface area contributed by atoms with Crippen LogP contribution in [0, 0.1) is 11.6 Å². The smallest absolute Gasteiger partial charge is 0.125 e. The first kappa shape index (κ1) is 13.7. The summed E-state index contributed by atoms with van der Waals surface area (Å²) >= 11 is 0. The molecular formula is C17H16F2N2. The number of hydrogen-bond donors (Lipinski definition) is 0. The first-order valence-electron chi connectivity index (χ1n) is 7.03. The molecule has 0 N–H and O–H groups in total. The van der Waals surface area contributed by atoms with E-state index in [0.717, 1.165) is 43.0 Å². The topological polar surface area (TPSA) is 15.6 Å². The van der Waals surface area contributed by atoms with Crippen LogP contribution in [-0.2, 0) is 6.42 Å². The van der Waals surface area contributed by atoms with Crippen molar-refractivity contribution in [3.8, 4) is 0 Å². The standard InChI is InChI=1S/C17H16F2N2/c18-14-7-4-13(5-8-14)6-9-17-20-10-11-21(17)16-3-1-2-15(19)12-16/h1-5,7-8,12H,6,9-11H2. The molecule has 0 unspecified atom stereocenters. The Bertz CT molecular complexity index is 650. The maximum absolute atomic E-state index is 13.3. The van der Waals surface area contributed by atoms with Gasteiger partial charge in [0.1, 0.15) is 17.5 Å². The minimum atomic E-state index is -0.239. The Hall–Kier alpha value is -2.23. The lowest BCUT2D eigenvalue weighted by molar-refractivity contribution is 0.627. The number of hydrogen-bond acceptors (Lipinski definition) is 2. The molecule has 0 fully saturated rings. The quantitative estimate of drug-likeness (QED) is 0.834. The lowest BCUT2D eigenvalue weighted by atomic mass is 10.1. The molecule has 0 amide bonds. The zero-order valence-corrected chi connectivity index (χ0v) is 11.6. The fourth-order valence-corrected chi connectivity index (χ4v) is 2.54. The molecule has 21 heavy (non-hydrogen) atoms. The second kappa shape index (κ2) is 6.04. The minimum Gasteiger partial charge on any atom is -0.328 e. The molecule has 1 aliphatic heterocycles. The SMILES string of the molecule is Fc1ccc(CCC2=NCCN2c2cccc(F)c2)cc1. The summed E-state index contributed by atoms with van der Waals surface area (Å²) in [6.45, 7) is 1.51. The van der Waals surface area contributed by atoms with Gasteiger partial charge in [0.2, 0.25) is 0 Å². The Kier molecular flexibility index (Phi) is 3.95. The third kappa shape index (κ3) is 3.27. The zero-order valence-electron chi connectivity index (χ0n) is 11.6. The number of aliphatic imine (C=N–C) groups is 1. The number of nitrogens with zero attached hydrogens (tertiary/aromatic N) is 2. The van der Waals surface area contributed by atoms with Crippen LogP contribution in [-0.4, -0.2) is 18.9 Å². The van der Waals surface area contributed by atoms with Gasteiger partial charge >= 0.3 is 0 Å². The van der Waals surface area contributed by atoms with Gasteiger partial charge in [-0.3, -0.25) is 4.99 Å². The summed E-state index contributed by atoms with van der Waals surface area (Å²) < 4.78 is 26.2. The second-order valence-corrected chi connectivity index (χ2v) is 5.06. The summed E-state index contributed by atoms with van der Waals surface area (Å²) in [4.78, 5) is 6.55. The number of benzene rings is 2. The normalized spacial score (nSPS) is 14.4. The lowest BCUT2D eigenvalue weighted by Crippen LogP contribution is -2.27. The van der Waals surface area contributed by atoms with Gasteiger partial charge in [-0.15, -0.1) is 0 Å². The molecule has 3 rings (SSSR count). The molecule has 2 nitrogen and oxygen atoms in total. The van der Waals surface area contributed by atoms with Crippen LogP contribution < -0.4 is 4.90 Å². The van der Waals surface area contributed by atoms with Crippen LogP contribution in [0.25, 0.3) is 0 Å². The molecule has 1 heterocycles. The van der Waals surface area contributed by atoms with E-state index in [2.05, 4.69) is 4.99 Å². The van der Waals surface area contributed by atoms with Crippen molar-refractivity contribution in [3.05, 3.63) is 65.7 Å². The predicted molar refractivity (Wildman–Crippen MR) is 80.8 cm³/mol. The van der Waals surface area contributed by atoms with Gasteiger partial charge in [-0.2, -0.15) is 0 Å². The highest BCUT2D eigenvalue weighted by Gasteiger charge is 2.18. The molecule has 0 radical (unpaired) electrons. The second-order valence-electron chi connectivity index (χ2n) is 5.06. The Balaban J connectivity index is 1.68. The zero-order chi connectivity index (χ0) is 14.7. The third-order valence-electron chi connectivity index (χ3n) is 3.60. The summed E-state index contributed by atoms with van der Waals surface area (Å²) in [6.07, 6.45) is 1.56. The lowest BCUT2D eigenvalue weighted by Gasteiger charge is -2.20. The number of anilines is 1. The van der Waals surface area contributed by atoms with Gasteiger partial charge < -0.3 is 4.90 Å². The summed E-state index contributed by atoms with van der Waals surface area (Å²) in [6, 6.07) is 13.1. The van der Waals surface area contributed by atoms with Crippen molar-refractivity contribution >= 4 is 11.5 Å². The highest BCUT2D eigenvalue weighted by molar-refractivity contribution is 5.99. The Morgan fingerprint density at radius 1 is 0.952 bits per heavy atom. The van der Waals surface area contributed by atoms with E-state index in [1.807, 2.05) is 11.0 Å². The molecule has 1 aliphatic rings.